The van der Waals surface area contributed by atoms with Crippen LogP contribution in [0.15, 0.2) is 48.6 Å². The van der Waals surface area contributed by atoms with E-state index in [0.29, 0.717) is 12.8 Å². The third-order valence-electron chi connectivity index (χ3n) is 9.25. The van der Waals surface area contributed by atoms with Crippen molar-refractivity contribution in [1.29, 1.82) is 0 Å². The van der Waals surface area contributed by atoms with E-state index in [4.69, 9.17) is 0 Å². The fraction of sp³-hybridized carbons (Fsp3) is 0.791. The van der Waals surface area contributed by atoms with Crippen LogP contribution in [0.25, 0.3) is 0 Å². The fourth-order valence-corrected chi connectivity index (χ4v) is 5.93. The van der Waals surface area contributed by atoms with Gasteiger partial charge in [-0.3, -0.25) is 4.79 Å². The maximum atomic E-state index is 12.4. The SMILES string of the molecule is CCCCCCCC/C=C\C/C=C\CC(O)C(=O)NC(CO)C(O)C(O)CCC/C=C/CC/C=C/CCCCCCCCCCCCCC. The van der Waals surface area contributed by atoms with E-state index in [9.17, 15) is 25.2 Å². The Hall–Kier alpha value is -1.73. The number of allylic oxidation sites excluding steroid dienone is 7. The van der Waals surface area contributed by atoms with E-state index < -0.39 is 36.9 Å². The lowest BCUT2D eigenvalue weighted by molar-refractivity contribution is -0.132. The molecule has 0 spiro atoms. The summed E-state index contributed by atoms with van der Waals surface area (Å²) in [6.45, 7) is 3.98. The van der Waals surface area contributed by atoms with Crippen molar-refractivity contribution in [2.75, 3.05) is 6.61 Å². The van der Waals surface area contributed by atoms with Crippen LogP contribution in [0, 0.1) is 0 Å². The van der Waals surface area contributed by atoms with E-state index in [-0.39, 0.29) is 6.42 Å². The lowest BCUT2D eigenvalue weighted by Crippen LogP contribution is -2.52. The summed E-state index contributed by atoms with van der Waals surface area (Å²) < 4.78 is 0. The molecule has 286 valence electrons. The summed E-state index contributed by atoms with van der Waals surface area (Å²) in [6, 6.07) is -1.04. The number of carbonyl (C=O) groups is 1. The minimum absolute atomic E-state index is 0.148. The number of hydrogen-bond acceptors (Lipinski definition) is 5. The van der Waals surface area contributed by atoms with Gasteiger partial charge in [-0.2, -0.15) is 0 Å². The van der Waals surface area contributed by atoms with Gasteiger partial charge in [-0.05, 0) is 64.2 Å². The van der Waals surface area contributed by atoms with Crippen molar-refractivity contribution in [3.63, 3.8) is 0 Å². The molecule has 0 heterocycles. The summed E-state index contributed by atoms with van der Waals surface area (Å²) in [5.41, 5.74) is 0. The summed E-state index contributed by atoms with van der Waals surface area (Å²) in [7, 11) is 0. The van der Waals surface area contributed by atoms with Gasteiger partial charge in [0.05, 0.1) is 18.8 Å². The Labute approximate surface area is 302 Å². The molecule has 6 heteroatoms. The van der Waals surface area contributed by atoms with E-state index in [0.717, 1.165) is 32.1 Å². The van der Waals surface area contributed by atoms with Crippen molar-refractivity contribution < 1.29 is 25.2 Å². The summed E-state index contributed by atoms with van der Waals surface area (Å²) in [5.74, 6) is -0.667. The molecule has 0 fully saturated rings. The number of amides is 1. The van der Waals surface area contributed by atoms with Gasteiger partial charge in [0.2, 0.25) is 5.91 Å². The van der Waals surface area contributed by atoms with Crippen LogP contribution < -0.4 is 5.32 Å². The zero-order valence-electron chi connectivity index (χ0n) is 31.9. The second-order valence-corrected chi connectivity index (χ2v) is 14.0. The van der Waals surface area contributed by atoms with Crippen molar-refractivity contribution in [2.24, 2.45) is 0 Å². The van der Waals surface area contributed by atoms with Crippen molar-refractivity contribution in [3.8, 4) is 0 Å². The quantitative estimate of drug-likeness (QED) is 0.0332. The Morgan fingerprint density at radius 2 is 0.939 bits per heavy atom. The minimum Gasteiger partial charge on any atom is -0.394 e. The summed E-state index contributed by atoms with van der Waals surface area (Å²) in [6.07, 6.45) is 44.5. The highest BCUT2D eigenvalue weighted by Gasteiger charge is 2.28. The lowest BCUT2D eigenvalue weighted by atomic mass is 10.0. The summed E-state index contributed by atoms with van der Waals surface area (Å²) >= 11 is 0. The number of hydrogen-bond donors (Lipinski definition) is 5. The van der Waals surface area contributed by atoms with Gasteiger partial charge < -0.3 is 25.7 Å². The van der Waals surface area contributed by atoms with Crippen LogP contribution in [0.4, 0.5) is 0 Å². The molecular weight excluding hydrogens is 610 g/mol. The molecule has 0 bridgehead atoms. The number of nitrogens with one attached hydrogen (secondary N) is 1. The van der Waals surface area contributed by atoms with Crippen LogP contribution in [0.2, 0.25) is 0 Å². The summed E-state index contributed by atoms with van der Waals surface area (Å²) in [4.78, 5) is 12.4. The van der Waals surface area contributed by atoms with E-state index in [1.807, 2.05) is 6.08 Å². The van der Waals surface area contributed by atoms with Gasteiger partial charge in [-0.15, -0.1) is 0 Å². The average Bonchev–Trinajstić information content (AvgIpc) is 3.11. The number of carbonyl (C=O) groups excluding carboxylic acids is 1. The number of aliphatic hydroxyl groups excluding tert-OH is 4. The van der Waals surface area contributed by atoms with Gasteiger partial charge in [0.1, 0.15) is 12.2 Å². The topological polar surface area (TPSA) is 110 Å². The molecule has 1 amide bonds. The molecule has 0 saturated carbocycles. The molecule has 0 aromatic heterocycles. The van der Waals surface area contributed by atoms with Crippen molar-refractivity contribution in [3.05, 3.63) is 48.6 Å². The highest BCUT2D eigenvalue weighted by atomic mass is 16.3. The molecule has 6 nitrogen and oxygen atoms in total. The van der Waals surface area contributed by atoms with Crippen LogP contribution in [0.1, 0.15) is 187 Å². The zero-order chi connectivity index (χ0) is 36.0. The molecule has 0 aromatic carbocycles. The molecule has 5 N–H and O–H groups in total. The smallest absolute Gasteiger partial charge is 0.249 e. The average molecular weight is 690 g/mol. The molecule has 0 rings (SSSR count). The van der Waals surface area contributed by atoms with E-state index in [2.05, 4.69) is 55.6 Å². The molecular formula is C43H79NO5. The number of aliphatic hydroxyl groups is 4. The third kappa shape index (κ3) is 32.0. The van der Waals surface area contributed by atoms with Crippen LogP contribution in [0.3, 0.4) is 0 Å². The minimum atomic E-state index is -1.31. The Bertz CT molecular complexity index is 823. The Kier molecular flexibility index (Phi) is 36.2. The second kappa shape index (κ2) is 37.5. The van der Waals surface area contributed by atoms with E-state index in [1.165, 1.54) is 122 Å². The van der Waals surface area contributed by atoms with Gasteiger partial charge in [0, 0.05) is 6.42 Å². The van der Waals surface area contributed by atoms with Gasteiger partial charge >= 0.3 is 0 Å². The first-order valence-corrected chi connectivity index (χ1v) is 20.5. The van der Waals surface area contributed by atoms with Crippen LogP contribution in [0.5, 0.6) is 0 Å². The van der Waals surface area contributed by atoms with Crippen molar-refractivity contribution in [2.45, 2.75) is 212 Å². The van der Waals surface area contributed by atoms with E-state index in [1.54, 1.807) is 6.08 Å². The Balaban J connectivity index is 3.89. The van der Waals surface area contributed by atoms with Gasteiger partial charge in [0.15, 0.2) is 0 Å². The largest absolute Gasteiger partial charge is 0.394 e. The lowest BCUT2D eigenvalue weighted by Gasteiger charge is -2.27. The third-order valence-corrected chi connectivity index (χ3v) is 9.25. The normalized spacial score (nSPS) is 14.8. The molecule has 0 aliphatic carbocycles. The first kappa shape index (κ1) is 47.3. The summed E-state index contributed by atoms with van der Waals surface area (Å²) in [5, 5.41) is 43.3. The van der Waals surface area contributed by atoms with Crippen LogP contribution in [-0.4, -0.2) is 57.3 Å². The Morgan fingerprint density at radius 3 is 1.43 bits per heavy atom. The molecule has 49 heavy (non-hydrogen) atoms. The predicted molar refractivity (Wildman–Crippen MR) is 210 cm³/mol. The molecule has 0 radical (unpaired) electrons. The van der Waals surface area contributed by atoms with Gasteiger partial charge in [0.25, 0.3) is 0 Å². The molecule has 0 aromatic rings. The maximum absolute atomic E-state index is 12.4. The predicted octanol–water partition coefficient (Wildman–Crippen LogP) is 10.3. The van der Waals surface area contributed by atoms with Crippen LogP contribution >= 0.6 is 0 Å². The van der Waals surface area contributed by atoms with E-state index >= 15 is 0 Å². The monoisotopic (exact) mass is 690 g/mol. The first-order valence-electron chi connectivity index (χ1n) is 20.5. The van der Waals surface area contributed by atoms with Crippen molar-refractivity contribution >= 4 is 5.91 Å². The first-order chi connectivity index (χ1) is 24.0. The molecule has 0 aliphatic heterocycles. The van der Waals surface area contributed by atoms with Gasteiger partial charge in [-0.1, -0.05) is 165 Å². The fourth-order valence-electron chi connectivity index (χ4n) is 5.93. The molecule has 0 saturated heterocycles. The molecule has 4 atom stereocenters. The van der Waals surface area contributed by atoms with Gasteiger partial charge in [-0.25, -0.2) is 0 Å². The number of rotatable bonds is 36. The standard InChI is InChI=1S/C43H79NO5/c1-3-5-7-9-11-13-15-17-18-19-20-21-22-23-24-25-27-28-30-32-34-36-40(46)42(48)39(38-45)44-43(49)41(47)37-35-33-31-29-26-16-14-12-10-8-6-4-2/h23-24,26,28-30,33,35,39-42,45-48H,3-22,25,27,31-32,34,36-38H2,1-2H3,(H,44,49)/b24-23+,29-26-,30-28+,35-33-. The zero-order valence-corrected chi connectivity index (χ0v) is 31.9. The second-order valence-electron chi connectivity index (χ2n) is 14.0. The maximum Gasteiger partial charge on any atom is 0.249 e. The molecule has 4 unspecified atom stereocenters. The highest BCUT2D eigenvalue weighted by Crippen LogP contribution is 2.14. The van der Waals surface area contributed by atoms with Crippen LogP contribution in [-0.2, 0) is 4.79 Å². The van der Waals surface area contributed by atoms with Crippen molar-refractivity contribution in [1.82, 2.24) is 5.32 Å². The number of unbranched alkanes of at least 4 members (excludes halogenated alkanes) is 20. The highest BCUT2D eigenvalue weighted by molar-refractivity contribution is 5.81. The molecule has 0 aliphatic rings. The Morgan fingerprint density at radius 1 is 0.531 bits per heavy atom.